The van der Waals surface area contributed by atoms with Crippen molar-refractivity contribution in [2.45, 2.75) is 39.2 Å². The number of fused-ring (bicyclic) bond motifs is 1. The van der Waals surface area contributed by atoms with Crippen LogP contribution in [0.4, 0.5) is 0 Å². The summed E-state index contributed by atoms with van der Waals surface area (Å²) in [5.74, 6) is -0.00378. The molecule has 0 bridgehead atoms. The van der Waals surface area contributed by atoms with E-state index in [-0.39, 0.29) is 11.9 Å². The molecule has 0 spiro atoms. The van der Waals surface area contributed by atoms with Gasteiger partial charge < -0.3 is 10.2 Å². The molecule has 1 aromatic heterocycles. The van der Waals surface area contributed by atoms with E-state index in [4.69, 9.17) is 0 Å². The lowest BCUT2D eigenvalue weighted by atomic mass is 10.1. The Kier molecular flexibility index (Phi) is 4.96. The van der Waals surface area contributed by atoms with Crippen molar-refractivity contribution in [3.63, 3.8) is 0 Å². The molecule has 1 fully saturated rings. The van der Waals surface area contributed by atoms with Gasteiger partial charge in [-0.3, -0.25) is 9.48 Å². The number of benzene rings is 1. The fraction of sp³-hybridized carbons (Fsp3) is 0.556. The molecule has 3 rings (SSSR count). The first kappa shape index (κ1) is 16.0. The van der Waals surface area contributed by atoms with Gasteiger partial charge in [-0.1, -0.05) is 12.5 Å². The van der Waals surface area contributed by atoms with Crippen LogP contribution in [-0.2, 0) is 0 Å². The Morgan fingerprint density at radius 2 is 2.04 bits per heavy atom. The number of rotatable bonds is 5. The van der Waals surface area contributed by atoms with Crippen molar-refractivity contribution in [1.29, 1.82) is 0 Å². The van der Waals surface area contributed by atoms with Gasteiger partial charge in [-0.15, -0.1) is 0 Å². The molecule has 23 heavy (non-hydrogen) atoms. The number of aromatic nitrogens is 2. The molecule has 1 saturated heterocycles. The number of nitrogens with zero attached hydrogens (tertiary/aromatic N) is 3. The fourth-order valence-corrected chi connectivity index (χ4v) is 3.29. The molecular formula is C18H26N4O. The van der Waals surface area contributed by atoms with E-state index in [1.54, 1.807) is 6.20 Å². The third-order valence-electron chi connectivity index (χ3n) is 4.54. The Balaban J connectivity index is 1.66. The van der Waals surface area contributed by atoms with Gasteiger partial charge in [-0.25, -0.2) is 0 Å². The number of carbonyl (C=O) groups is 1. The molecule has 0 saturated carbocycles. The van der Waals surface area contributed by atoms with Gasteiger partial charge in [0.25, 0.3) is 5.91 Å². The van der Waals surface area contributed by atoms with Gasteiger partial charge >= 0.3 is 0 Å². The SMILES string of the molecule is CC(C)n1ncc2c(C(=O)NCCN3CCCCC3)cccc21. The maximum atomic E-state index is 12.5. The molecule has 124 valence electrons. The lowest BCUT2D eigenvalue weighted by Gasteiger charge is -2.26. The Morgan fingerprint density at radius 3 is 2.78 bits per heavy atom. The normalized spacial score (nSPS) is 16.1. The Labute approximate surface area is 137 Å². The summed E-state index contributed by atoms with van der Waals surface area (Å²) in [7, 11) is 0. The topological polar surface area (TPSA) is 50.2 Å². The van der Waals surface area contributed by atoms with Gasteiger partial charge in [-0.2, -0.15) is 5.10 Å². The second-order valence-corrected chi connectivity index (χ2v) is 6.58. The third kappa shape index (κ3) is 3.55. The minimum Gasteiger partial charge on any atom is -0.351 e. The number of piperidine rings is 1. The van der Waals surface area contributed by atoms with Crippen LogP contribution in [0.3, 0.4) is 0 Å². The predicted octanol–water partition coefficient (Wildman–Crippen LogP) is 2.83. The molecule has 0 radical (unpaired) electrons. The molecule has 0 aliphatic carbocycles. The van der Waals surface area contributed by atoms with Crippen molar-refractivity contribution in [2.75, 3.05) is 26.2 Å². The quantitative estimate of drug-likeness (QED) is 0.923. The molecule has 1 aromatic carbocycles. The van der Waals surface area contributed by atoms with Crippen LogP contribution in [0.5, 0.6) is 0 Å². The van der Waals surface area contributed by atoms with E-state index in [1.807, 2.05) is 22.9 Å². The largest absolute Gasteiger partial charge is 0.351 e. The van der Waals surface area contributed by atoms with Crippen molar-refractivity contribution in [3.05, 3.63) is 30.0 Å². The van der Waals surface area contributed by atoms with Crippen LogP contribution in [-0.4, -0.2) is 46.8 Å². The summed E-state index contributed by atoms with van der Waals surface area (Å²) in [4.78, 5) is 14.9. The minimum absolute atomic E-state index is 0.00378. The molecule has 2 aromatic rings. The summed E-state index contributed by atoms with van der Waals surface area (Å²) in [6.07, 6.45) is 5.70. The van der Waals surface area contributed by atoms with E-state index >= 15 is 0 Å². The van der Waals surface area contributed by atoms with Crippen LogP contribution in [0.15, 0.2) is 24.4 Å². The zero-order valence-corrected chi connectivity index (χ0v) is 14.1. The van der Waals surface area contributed by atoms with Gasteiger partial charge in [0.15, 0.2) is 0 Å². The Hall–Kier alpha value is -1.88. The zero-order valence-electron chi connectivity index (χ0n) is 14.1. The average molecular weight is 314 g/mol. The van der Waals surface area contributed by atoms with Crippen LogP contribution >= 0.6 is 0 Å². The molecule has 2 heterocycles. The summed E-state index contributed by atoms with van der Waals surface area (Å²) >= 11 is 0. The molecule has 0 unspecified atom stereocenters. The number of nitrogens with one attached hydrogen (secondary N) is 1. The first-order valence-corrected chi connectivity index (χ1v) is 8.63. The number of hydrogen-bond donors (Lipinski definition) is 1. The van der Waals surface area contributed by atoms with Crippen LogP contribution in [0, 0.1) is 0 Å². The highest BCUT2D eigenvalue weighted by Crippen LogP contribution is 2.21. The smallest absolute Gasteiger partial charge is 0.252 e. The van der Waals surface area contributed by atoms with Crippen molar-refractivity contribution >= 4 is 16.8 Å². The molecular weight excluding hydrogens is 288 g/mol. The maximum Gasteiger partial charge on any atom is 0.252 e. The lowest BCUT2D eigenvalue weighted by Crippen LogP contribution is -2.37. The van der Waals surface area contributed by atoms with Crippen molar-refractivity contribution in [1.82, 2.24) is 20.0 Å². The van der Waals surface area contributed by atoms with Crippen LogP contribution in [0.1, 0.15) is 49.5 Å². The highest BCUT2D eigenvalue weighted by Gasteiger charge is 2.15. The van der Waals surface area contributed by atoms with Gasteiger partial charge in [0.05, 0.1) is 17.3 Å². The molecule has 5 heteroatoms. The first-order valence-electron chi connectivity index (χ1n) is 8.63. The van der Waals surface area contributed by atoms with E-state index in [0.717, 1.165) is 30.5 Å². The van der Waals surface area contributed by atoms with Crippen LogP contribution < -0.4 is 5.32 Å². The van der Waals surface area contributed by atoms with Crippen molar-refractivity contribution < 1.29 is 4.79 Å². The van der Waals surface area contributed by atoms with E-state index in [2.05, 4.69) is 29.2 Å². The Morgan fingerprint density at radius 1 is 1.26 bits per heavy atom. The lowest BCUT2D eigenvalue weighted by molar-refractivity contribution is 0.0948. The van der Waals surface area contributed by atoms with Crippen LogP contribution in [0.2, 0.25) is 0 Å². The highest BCUT2D eigenvalue weighted by atomic mass is 16.1. The van der Waals surface area contributed by atoms with E-state index in [1.165, 1.54) is 19.3 Å². The molecule has 5 nitrogen and oxygen atoms in total. The molecule has 1 aliphatic heterocycles. The van der Waals surface area contributed by atoms with E-state index < -0.39 is 0 Å². The van der Waals surface area contributed by atoms with Crippen molar-refractivity contribution in [3.8, 4) is 0 Å². The van der Waals surface area contributed by atoms with E-state index in [9.17, 15) is 4.79 Å². The van der Waals surface area contributed by atoms with Gasteiger partial charge in [-0.05, 0) is 51.9 Å². The fourth-order valence-electron chi connectivity index (χ4n) is 3.29. The average Bonchev–Trinajstić information content (AvgIpc) is 3.00. The summed E-state index contributed by atoms with van der Waals surface area (Å²) in [6, 6.07) is 6.12. The molecule has 1 N–H and O–H groups in total. The van der Waals surface area contributed by atoms with E-state index in [0.29, 0.717) is 12.1 Å². The summed E-state index contributed by atoms with van der Waals surface area (Å²) in [6.45, 7) is 8.15. The van der Waals surface area contributed by atoms with Gasteiger partial charge in [0.2, 0.25) is 0 Å². The number of amides is 1. The van der Waals surface area contributed by atoms with Gasteiger partial charge in [0.1, 0.15) is 0 Å². The maximum absolute atomic E-state index is 12.5. The first-order chi connectivity index (χ1) is 11.2. The number of hydrogen-bond acceptors (Lipinski definition) is 3. The van der Waals surface area contributed by atoms with Crippen LogP contribution in [0.25, 0.3) is 10.9 Å². The number of likely N-dealkylation sites (tertiary alicyclic amines) is 1. The standard InChI is InChI=1S/C18H26N4O/c1-14(2)22-17-8-6-7-15(16(17)13-20-22)18(23)19-9-12-21-10-4-3-5-11-21/h6-8,13-14H,3-5,9-12H2,1-2H3,(H,19,23). The third-order valence-corrected chi connectivity index (χ3v) is 4.54. The summed E-state index contributed by atoms with van der Waals surface area (Å²) in [5, 5.41) is 8.41. The second kappa shape index (κ2) is 7.13. The Bertz CT molecular complexity index is 671. The molecule has 1 aliphatic rings. The van der Waals surface area contributed by atoms with Gasteiger partial charge in [0, 0.05) is 24.5 Å². The number of carbonyl (C=O) groups excluding carboxylic acids is 1. The summed E-state index contributed by atoms with van der Waals surface area (Å²) < 4.78 is 1.96. The predicted molar refractivity (Wildman–Crippen MR) is 92.7 cm³/mol. The zero-order chi connectivity index (χ0) is 16.2. The monoisotopic (exact) mass is 314 g/mol. The van der Waals surface area contributed by atoms with Crippen molar-refractivity contribution in [2.24, 2.45) is 0 Å². The molecule has 0 atom stereocenters. The highest BCUT2D eigenvalue weighted by molar-refractivity contribution is 6.06. The molecule has 1 amide bonds. The minimum atomic E-state index is -0.00378. The second-order valence-electron chi connectivity index (χ2n) is 6.58. The summed E-state index contributed by atoms with van der Waals surface area (Å²) in [5.41, 5.74) is 1.73.